The fraction of sp³-hybridized carbons (Fsp3) is 0.474. The minimum Gasteiger partial charge on any atom is -0.361 e. The highest BCUT2D eigenvalue weighted by molar-refractivity contribution is 5.77. The van der Waals surface area contributed by atoms with E-state index in [9.17, 15) is 4.79 Å². The Morgan fingerprint density at radius 3 is 2.78 bits per heavy atom. The second kappa shape index (κ2) is 6.99. The molecule has 2 heterocycles. The van der Waals surface area contributed by atoms with Crippen LogP contribution < -0.4 is 0 Å². The first-order valence-electron chi connectivity index (χ1n) is 8.40. The van der Waals surface area contributed by atoms with Gasteiger partial charge in [0, 0.05) is 24.6 Å². The molecular weight excluding hydrogens is 288 g/mol. The molecule has 1 aromatic carbocycles. The Hall–Kier alpha value is -2.10. The van der Waals surface area contributed by atoms with Gasteiger partial charge in [-0.2, -0.15) is 0 Å². The van der Waals surface area contributed by atoms with E-state index in [4.69, 9.17) is 4.52 Å². The zero-order chi connectivity index (χ0) is 16.2. The standard InChI is InChI=1S/C19H24N2O2/c1-14-18(15(2)23-20-14)10-11-19(22)21-12-6-9-17(21)13-16-7-4-3-5-8-16/h3-5,7-8,17H,6,9-13H2,1-2H3/t17-/m1/s1. The van der Waals surface area contributed by atoms with Gasteiger partial charge in [-0.1, -0.05) is 35.5 Å². The van der Waals surface area contributed by atoms with Gasteiger partial charge >= 0.3 is 0 Å². The van der Waals surface area contributed by atoms with E-state index < -0.39 is 0 Å². The zero-order valence-corrected chi connectivity index (χ0v) is 13.9. The van der Waals surface area contributed by atoms with Crippen molar-refractivity contribution in [2.24, 2.45) is 0 Å². The highest BCUT2D eigenvalue weighted by Crippen LogP contribution is 2.23. The summed E-state index contributed by atoms with van der Waals surface area (Å²) in [7, 11) is 0. The van der Waals surface area contributed by atoms with Crippen LogP contribution in [-0.2, 0) is 17.6 Å². The summed E-state index contributed by atoms with van der Waals surface area (Å²) in [5.74, 6) is 1.08. The molecule has 1 aromatic heterocycles. The average Bonchev–Trinajstić information content (AvgIpc) is 3.14. The molecule has 0 saturated carbocycles. The molecule has 0 spiro atoms. The Balaban J connectivity index is 1.60. The van der Waals surface area contributed by atoms with E-state index in [0.717, 1.165) is 42.8 Å². The number of hydrogen-bond acceptors (Lipinski definition) is 3. The number of carbonyl (C=O) groups is 1. The lowest BCUT2D eigenvalue weighted by atomic mass is 10.0. The van der Waals surface area contributed by atoms with Crippen molar-refractivity contribution >= 4 is 5.91 Å². The molecule has 23 heavy (non-hydrogen) atoms. The number of amides is 1. The minimum absolute atomic E-state index is 0.253. The van der Waals surface area contributed by atoms with Crippen LogP contribution in [0.5, 0.6) is 0 Å². The fourth-order valence-electron chi connectivity index (χ4n) is 3.50. The molecule has 1 aliphatic heterocycles. The number of aryl methyl sites for hydroxylation is 2. The molecule has 122 valence electrons. The lowest BCUT2D eigenvalue weighted by Crippen LogP contribution is -2.36. The van der Waals surface area contributed by atoms with Crippen molar-refractivity contribution in [3.8, 4) is 0 Å². The number of hydrogen-bond donors (Lipinski definition) is 0. The Morgan fingerprint density at radius 2 is 2.09 bits per heavy atom. The van der Waals surface area contributed by atoms with Crippen LogP contribution in [0.25, 0.3) is 0 Å². The summed E-state index contributed by atoms with van der Waals surface area (Å²) in [5.41, 5.74) is 3.29. The normalized spacial score (nSPS) is 17.7. The fourth-order valence-corrected chi connectivity index (χ4v) is 3.50. The summed E-state index contributed by atoms with van der Waals surface area (Å²) in [5, 5.41) is 3.96. The Labute approximate surface area is 137 Å². The van der Waals surface area contributed by atoms with Crippen molar-refractivity contribution in [1.29, 1.82) is 0 Å². The summed E-state index contributed by atoms with van der Waals surface area (Å²) in [6.45, 7) is 4.73. The summed E-state index contributed by atoms with van der Waals surface area (Å²) in [6.07, 6.45) is 4.42. The Morgan fingerprint density at radius 1 is 1.30 bits per heavy atom. The topological polar surface area (TPSA) is 46.3 Å². The summed E-state index contributed by atoms with van der Waals surface area (Å²) < 4.78 is 5.18. The predicted octanol–water partition coefficient (Wildman–Crippen LogP) is 3.46. The number of aromatic nitrogens is 1. The Kier molecular flexibility index (Phi) is 4.79. The van der Waals surface area contributed by atoms with E-state index in [2.05, 4.69) is 34.3 Å². The van der Waals surface area contributed by atoms with Crippen LogP contribution in [-0.4, -0.2) is 28.6 Å². The lowest BCUT2D eigenvalue weighted by Gasteiger charge is -2.25. The predicted molar refractivity (Wildman–Crippen MR) is 89.2 cm³/mol. The highest BCUT2D eigenvalue weighted by Gasteiger charge is 2.28. The number of carbonyl (C=O) groups excluding carboxylic acids is 1. The second-order valence-corrected chi connectivity index (χ2v) is 6.38. The van der Waals surface area contributed by atoms with Crippen LogP contribution in [0.2, 0.25) is 0 Å². The average molecular weight is 312 g/mol. The summed E-state index contributed by atoms with van der Waals surface area (Å²) in [4.78, 5) is 14.7. The van der Waals surface area contributed by atoms with Crippen LogP contribution >= 0.6 is 0 Å². The van der Waals surface area contributed by atoms with E-state index in [1.165, 1.54) is 5.56 Å². The molecule has 1 atom stereocenters. The number of benzene rings is 1. The van der Waals surface area contributed by atoms with E-state index in [0.29, 0.717) is 18.9 Å². The third-order valence-corrected chi connectivity index (χ3v) is 4.78. The van der Waals surface area contributed by atoms with Crippen LogP contribution in [0.1, 0.15) is 41.8 Å². The second-order valence-electron chi connectivity index (χ2n) is 6.38. The van der Waals surface area contributed by atoms with Crippen molar-refractivity contribution in [3.63, 3.8) is 0 Å². The van der Waals surface area contributed by atoms with E-state index in [1.807, 2.05) is 19.9 Å². The van der Waals surface area contributed by atoms with Crippen molar-refractivity contribution in [2.75, 3.05) is 6.54 Å². The van der Waals surface area contributed by atoms with Gasteiger partial charge in [-0.05, 0) is 45.1 Å². The maximum absolute atomic E-state index is 12.6. The van der Waals surface area contributed by atoms with Gasteiger partial charge in [-0.15, -0.1) is 0 Å². The van der Waals surface area contributed by atoms with Gasteiger partial charge in [0.25, 0.3) is 0 Å². The van der Waals surface area contributed by atoms with E-state index >= 15 is 0 Å². The molecule has 1 fully saturated rings. The first-order chi connectivity index (χ1) is 11.1. The molecule has 4 heteroatoms. The van der Waals surface area contributed by atoms with E-state index in [-0.39, 0.29) is 5.91 Å². The number of nitrogens with zero attached hydrogens (tertiary/aromatic N) is 2. The molecule has 1 saturated heterocycles. The monoisotopic (exact) mass is 312 g/mol. The molecule has 2 aromatic rings. The van der Waals surface area contributed by atoms with Gasteiger partial charge in [-0.25, -0.2) is 0 Å². The van der Waals surface area contributed by atoms with Crippen molar-refractivity contribution in [2.45, 2.75) is 52.0 Å². The van der Waals surface area contributed by atoms with Gasteiger partial charge in [-0.3, -0.25) is 4.79 Å². The Bertz CT molecular complexity index is 644. The van der Waals surface area contributed by atoms with Crippen LogP contribution in [0.4, 0.5) is 0 Å². The molecule has 1 aliphatic rings. The third-order valence-electron chi connectivity index (χ3n) is 4.78. The first kappa shape index (κ1) is 15.8. The SMILES string of the molecule is Cc1noc(C)c1CCC(=O)N1CCC[C@@H]1Cc1ccccc1. The van der Waals surface area contributed by atoms with Crippen LogP contribution in [0.3, 0.4) is 0 Å². The quantitative estimate of drug-likeness (QED) is 0.849. The van der Waals surface area contributed by atoms with Gasteiger partial charge in [0.05, 0.1) is 5.69 Å². The summed E-state index contributed by atoms with van der Waals surface area (Å²) >= 11 is 0. The van der Waals surface area contributed by atoms with E-state index in [1.54, 1.807) is 0 Å². The number of rotatable bonds is 5. The van der Waals surface area contributed by atoms with Crippen LogP contribution in [0, 0.1) is 13.8 Å². The van der Waals surface area contributed by atoms with Crippen molar-refractivity contribution in [3.05, 3.63) is 52.9 Å². The van der Waals surface area contributed by atoms with Crippen LogP contribution in [0.15, 0.2) is 34.9 Å². The number of likely N-dealkylation sites (tertiary alicyclic amines) is 1. The third kappa shape index (κ3) is 3.63. The molecular formula is C19H24N2O2. The summed E-state index contributed by atoms with van der Waals surface area (Å²) in [6, 6.07) is 10.8. The molecule has 0 N–H and O–H groups in total. The molecule has 3 rings (SSSR count). The molecule has 0 unspecified atom stereocenters. The van der Waals surface area contributed by atoms with Crippen molar-refractivity contribution in [1.82, 2.24) is 10.1 Å². The molecule has 1 amide bonds. The maximum Gasteiger partial charge on any atom is 0.223 e. The van der Waals surface area contributed by atoms with Crippen molar-refractivity contribution < 1.29 is 9.32 Å². The molecule has 0 aliphatic carbocycles. The smallest absolute Gasteiger partial charge is 0.223 e. The zero-order valence-electron chi connectivity index (χ0n) is 13.9. The molecule has 0 radical (unpaired) electrons. The largest absolute Gasteiger partial charge is 0.361 e. The van der Waals surface area contributed by atoms with Gasteiger partial charge < -0.3 is 9.42 Å². The van der Waals surface area contributed by atoms with Gasteiger partial charge in [0.2, 0.25) is 5.91 Å². The van der Waals surface area contributed by atoms with Gasteiger partial charge in [0.15, 0.2) is 0 Å². The highest BCUT2D eigenvalue weighted by atomic mass is 16.5. The molecule has 0 bridgehead atoms. The minimum atomic E-state index is 0.253. The molecule has 4 nitrogen and oxygen atoms in total. The maximum atomic E-state index is 12.6. The lowest BCUT2D eigenvalue weighted by molar-refractivity contribution is -0.131. The first-order valence-corrected chi connectivity index (χ1v) is 8.40. The van der Waals surface area contributed by atoms with Gasteiger partial charge in [0.1, 0.15) is 5.76 Å².